The van der Waals surface area contributed by atoms with Crippen LogP contribution in [0.1, 0.15) is 11.1 Å². The van der Waals surface area contributed by atoms with Gasteiger partial charge in [-0.15, -0.1) is 0 Å². The van der Waals surface area contributed by atoms with Gasteiger partial charge in [-0.1, -0.05) is 15.9 Å². The predicted molar refractivity (Wildman–Crippen MR) is 96.5 cm³/mol. The van der Waals surface area contributed by atoms with E-state index in [1.54, 1.807) is 12.1 Å². The molecule has 0 atom stereocenters. The van der Waals surface area contributed by atoms with Gasteiger partial charge in [0.05, 0.1) is 11.1 Å². The van der Waals surface area contributed by atoms with E-state index in [1.807, 2.05) is 0 Å². The van der Waals surface area contributed by atoms with Crippen LogP contribution in [0, 0.1) is 11.3 Å². The predicted octanol–water partition coefficient (Wildman–Crippen LogP) is 5.94. The molecular weight excluding hydrogens is 468 g/mol. The lowest BCUT2D eigenvalue weighted by molar-refractivity contribution is -0.143. The number of amides is 1. The van der Waals surface area contributed by atoms with Gasteiger partial charge in [-0.25, -0.2) is 0 Å². The summed E-state index contributed by atoms with van der Waals surface area (Å²) in [5.41, 5.74) is -3.87. The Kier molecular flexibility index (Phi) is 6.58. The fraction of sp³-hybridized carbons (Fsp3) is 0.111. The molecule has 0 heterocycles. The average molecular weight is 478 g/mol. The van der Waals surface area contributed by atoms with Crippen LogP contribution in [-0.2, 0) is 17.1 Å². The number of halogens is 7. The van der Waals surface area contributed by atoms with Crippen molar-refractivity contribution in [1.82, 2.24) is 0 Å². The number of nitrogens with one attached hydrogen (secondary N) is 2. The van der Waals surface area contributed by atoms with E-state index >= 15 is 0 Å². The van der Waals surface area contributed by atoms with Crippen LogP contribution in [0.2, 0.25) is 0 Å². The summed E-state index contributed by atoms with van der Waals surface area (Å²) in [7, 11) is 0. The van der Waals surface area contributed by atoms with Gasteiger partial charge in [0.25, 0.3) is 5.91 Å². The summed E-state index contributed by atoms with van der Waals surface area (Å²) in [6.07, 6.45) is -9.30. The van der Waals surface area contributed by atoms with Crippen molar-refractivity contribution in [2.45, 2.75) is 12.4 Å². The van der Waals surface area contributed by atoms with Crippen molar-refractivity contribution in [3.8, 4) is 6.07 Å². The highest BCUT2D eigenvalue weighted by Crippen LogP contribution is 2.37. The minimum atomic E-state index is -5.02. The van der Waals surface area contributed by atoms with Gasteiger partial charge in [-0.2, -0.15) is 31.6 Å². The number of alkyl halides is 6. The Labute approximate surface area is 169 Å². The summed E-state index contributed by atoms with van der Waals surface area (Å²) in [5, 5.41) is 13.6. The summed E-state index contributed by atoms with van der Waals surface area (Å²) >= 11 is 3.20. The molecule has 0 aliphatic carbocycles. The molecule has 0 bridgehead atoms. The first-order valence-electron chi connectivity index (χ1n) is 7.63. The lowest BCUT2D eigenvalue weighted by Crippen LogP contribution is -2.15. The second-order valence-electron chi connectivity index (χ2n) is 5.57. The number of nitrogens with zero attached hydrogens (tertiary/aromatic N) is 1. The van der Waals surface area contributed by atoms with Crippen LogP contribution < -0.4 is 10.6 Å². The first-order valence-corrected chi connectivity index (χ1v) is 8.42. The number of carbonyl (C=O) groups is 1. The third-order valence-electron chi connectivity index (χ3n) is 3.44. The van der Waals surface area contributed by atoms with E-state index in [0.717, 1.165) is 10.7 Å². The summed E-state index contributed by atoms with van der Waals surface area (Å²) in [6, 6.07) is 8.65. The molecule has 4 nitrogen and oxygen atoms in total. The molecule has 2 rings (SSSR count). The number of hydrogen-bond acceptors (Lipinski definition) is 3. The van der Waals surface area contributed by atoms with Crippen LogP contribution in [0.25, 0.3) is 0 Å². The van der Waals surface area contributed by atoms with Crippen molar-refractivity contribution in [2.75, 3.05) is 10.6 Å². The monoisotopic (exact) mass is 477 g/mol. The minimum Gasteiger partial charge on any atom is -0.360 e. The molecule has 0 aliphatic heterocycles. The van der Waals surface area contributed by atoms with Gasteiger partial charge >= 0.3 is 12.4 Å². The average Bonchev–Trinajstić information content (AvgIpc) is 2.62. The van der Waals surface area contributed by atoms with Crippen LogP contribution in [0.5, 0.6) is 0 Å². The molecule has 0 aliphatic rings. The molecule has 2 N–H and O–H groups in total. The first kappa shape index (κ1) is 22.3. The van der Waals surface area contributed by atoms with E-state index in [1.165, 1.54) is 18.2 Å². The van der Waals surface area contributed by atoms with E-state index in [9.17, 15) is 31.1 Å². The highest BCUT2D eigenvalue weighted by molar-refractivity contribution is 9.10. The maximum atomic E-state index is 12.9. The van der Waals surface area contributed by atoms with Crippen molar-refractivity contribution < 1.29 is 31.1 Å². The van der Waals surface area contributed by atoms with Crippen molar-refractivity contribution >= 4 is 33.2 Å². The number of anilines is 2. The molecule has 0 aromatic heterocycles. The fourth-order valence-electron chi connectivity index (χ4n) is 2.07. The quantitative estimate of drug-likeness (QED) is 0.325. The normalized spacial score (nSPS) is 12.3. The number of nitriles is 1. The van der Waals surface area contributed by atoms with E-state index in [-0.39, 0.29) is 6.07 Å². The standard InChI is InChI=1S/C18H10BrF6N3O/c19-13-1-3-14(4-2-13)28-16(29)10(8-26)9-27-15-6-11(17(20,21)22)5-12(7-15)18(23,24)25/h1-7,9,27H,(H,28,29)/b10-9+. The fourth-order valence-corrected chi connectivity index (χ4v) is 2.34. The Morgan fingerprint density at radius 3 is 1.90 bits per heavy atom. The Balaban J connectivity index is 2.28. The van der Waals surface area contributed by atoms with Crippen molar-refractivity contribution in [2.24, 2.45) is 0 Å². The Hall–Kier alpha value is -3.00. The van der Waals surface area contributed by atoms with Gasteiger partial charge < -0.3 is 10.6 Å². The zero-order valence-electron chi connectivity index (χ0n) is 14.1. The van der Waals surface area contributed by atoms with Crippen LogP contribution in [0.4, 0.5) is 37.7 Å². The Morgan fingerprint density at radius 1 is 0.931 bits per heavy atom. The van der Waals surface area contributed by atoms with Gasteiger partial charge in [-0.05, 0) is 42.5 Å². The van der Waals surface area contributed by atoms with Crippen molar-refractivity contribution in [3.05, 3.63) is 69.8 Å². The van der Waals surface area contributed by atoms with Gasteiger partial charge in [0.2, 0.25) is 0 Å². The molecular formula is C18H10BrF6N3O. The van der Waals surface area contributed by atoms with Crippen molar-refractivity contribution in [1.29, 1.82) is 5.26 Å². The molecule has 0 fully saturated rings. The van der Waals surface area contributed by atoms with Gasteiger partial charge in [0.1, 0.15) is 11.6 Å². The molecule has 0 saturated carbocycles. The van der Waals surface area contributed by atoms with Crippen LogP contribution in [0.15, 0.2) is 58.7 Å². The molecule has 2 aromatic carbocycles. The first-order chi connectivity index (χ1) is 13.4. The van der Waals surface area contributed by atoms with Crippen LogP contribution in [0.3, 0.4) is 0 Å². The van der Waals surface area contributed by atoms with E-state index < -0.39 is 40.6 Å². The largest absolute Gasteiger partial charge is 0.416 e. The molecule has 152 valence electrons. The molecule has 11 heteroatoms. The topological polar surface area (TPSA) is 64.9 Å². The lowest BCUT2D eigenvalue weighted by atomic mass is 10.1. The summed E-state index contributed by atoms with van der Waals surface area (Å²) in [4.78, 5) is 12.1. The van der Waals surface area contributed by atoms with E-state index in [2.05, 4.69) is 26.6 Å². The molecule has 0 unspecified atom stereocenters. The second-order valence-corrected chi connectivity index (χ2v) is 6.49. The van der Waals surface area contributed by atoms with Crippen molar-refractivity contribution in [3.63, 3.8) is 0 Å². The van der Waals surface area contributed by atoms with E-state index in [4.69, 9.17) is 5.26 Å². The zero-order chi connectivity index (χ0) is 21.8. The van der Waals surface area contributed by atoms with Gasteiger partial charge in [-0.3, -0.25) is 4.79 Å². The molecule has 29 heavy (non-hydrogen) atoms. The SMILES string of the molecule is N#C/C(=C\Nc1cc(C(F)(F)F)cc(C(F)(F)F)c1)C(=O)Nc1ccc(Br)cc1. The maximum absolute atomic E-state index is 12.9. The van der Waals surface area contributed by atoms with Crippen LogP contribution in [-0.4, -0.2) is 5.91 Å². The van der Waals surface area contributed by atoms with Gasteiger partial charge in [0.15, 0.2) is 0 Å². The molecule has 0 radical (unpaired) electrons. The molecule has 1 amide bonds. The number of carbonyl (C=O) groups excluding carboxylic acids is 1. The third kappa shape index (κ3) is 6.25. The summed E-state index contributed by atoms with van der Waals surface area (Å²) in [5.74, 6) is -0.898. The minimum absolute atomic E-state index is 0.0274. The Morgan fingerprint density at radius 2 is 1.45 bits per heavy atom. The highest BCUT2D eigenvalue weighted by atomic mass is 79.9. The summed E-state index contributed by atoms with van der Waals surface area (Å²) in [6.45, 7) is 0. The smallest absolute Gasteiger partial charge is 0.360 e. The molecule has 0 spiro atoms. The number of benzene rings is 2. The number of rotatable bonds is 4. The highest BCUT2D eigenvalue weighted by Gasteiger charge is 2.36. The van der Waals surface area contributed by atoms with Gasteiger partial charge in [0, 0.05) is 22.0 Å². The molecule has 2 aromatic rings. The maximum Gasteiger partial charge on any atom is 0.416 e. The van der Waals surface area contributed by atoms with Crippen LogP contribution >= 0.6 is 15.9 Å². The number of hydrogen-bond donors (Lipinski definition) is 2. The summed E-state index contributed by atoms with van der Waals surface area (Å²) < 4.78 is 78.0. The second kappa shape index (κ2) is 8.57. The van der Waals surface area contributed by atoms with E-state index in [0.29, 0.717) is 17.8 Å². The zero-order valence-corrected chi connectivity index (χ0v) is 15.7. The molecule has 0 saturated heterocycles. The Bertz CT molecular complexity index is 943. The third-order valence-corrected chi connectivity index (χ3v) is 3.97. The lowest BCUT2D eigenvalue weighted by Gasteiger charge is -2.14.